The molecule has 1 amide bonds. The molecular formula is C20H14ClN2O5S-. The van der Waals surface area contributed by atoms with Crippen molar-refractivity contribution >= 4 is 44.9 Å². The molecule has 3 aromatic rings. The Morgan fingerprint density at radius 2 is 1.45 bits per heavy atom. The van der Waals surface area contributed by atoms with Crippen LogP contribution in [-0.2, 0) is 10.0 Å². The molecule has 0 saturated carbocycles. The topological polar surface area (TPSA) is 115 Å². The normalized spacial score (nSPS) is 10.9. The van der Waals surface area contributed by atoms with Crippen LogP contribution in [-0.4, -0.2) is 20.3 Å². The summed E-state index contributed by atoms with van der Waals surface area (Å²) in [6.45, 7) is 0. The van der Waals surface area contributed by atoms with Crippen molar-refractivity contribution in [1.29, 1.82) is 0 Å². The SMILES string of the molecule is O=C([O-])c1ccc(NS(=O)(=O)c2cc(C(=O)Nc3ccccc3)ccc2Cl)cc1. The molecule has 0 aromatic heterocycles. The molecule has 0 saturated heterocycles. The number of carboxylic acids is 1. The molecule has 9 heteroatoms. The second-order valence-electron chi connectivity index (χ2n) is 5.94. The lowest BCUT2D eigenvalue weighted by Crippen LogP contribution is -2.22. The first-order valence-electron chi connectivity index (χ1n) is 8.26. The van der Waals surface area contributed by atoms with Gasteiger partial charge in [0.15, 0.2) is 0 Å². The lowest BCUT2D eigenvalue weighted by molar-refractivity contribution is -0.255. The monoisotopic (exact) mass is 429 g/mol. The zero-order valence-electron chi connectivity index (χ0n) is 14.8. The first-order chi connectivity index (χ1) is 13.8. The molecule has 3 rings (SSSR count). The molecule has 0 aliphatic rings. The zero-order chi connectivity index (χ0) is 21.0. The van der Waals surface area contributed by atoms with Crippen molar-refractivity contribution in [3.63, 3.8) is 0 Å². The Morgan fingerprint density at radius 1 is 0.828 bits per heavy atom. The number of hydrogen-bond acceptors (Lipinski definition) is 5. The fraction of sp³-hybridized carbons (Fsp3) is 0. The van der Waals surface area contributed by atoms with Crippen LogP contribution in [0.15, 0.2) is 77.7 Å². The van der Waals surface area contributed by atoms with Crippen LogP contribution < -0.4 is 15.1 Å². The van der Waals surface area contributed by atoms with Gasteiger partial charge in [0, 0.05) is 16.9 Å². The minimum absolute atomic E-state index is 0.0693. The molecule has 0 heterocycles. The molecule has 148 valence electrons. The molecule has 3 aromatic carbocycles. The lowest BCUT2D eigenvalue weighted by Gasteiger charge is -2.12. The number of carboxylic acid groups (broad SMARTS) is 1. The number of para-hydroxylation sites is 1. The highest BCUT2D eigenvalue weighted by atomic mass is 35.5. The van der Waals surface area contributed by atoms with Gasteiger partial charge in [-0.2, -0.15) is 0 Å². The predicted molar refractivity (Wildman–Crippen MR) is 107 cm³/mol. The summed E-state index contributed by atoms with van der Waals surface area (Å²) >= 11 is 6.04. The van der Waals surface area contributed by atoms with Gasteiger partial charge in [-0.1, -0.05) is 41.9 Å². The average molecular weight is 430 g/mol. The van der Waals surface area contributed by atoms with E-state index in [1.54, 1.807) is 30.3 Å². The van der Waals surface area contributed by atoms with Gasteiger partial charge < -0.3 is 15.2 Å². The van der Waals surface area contributed by atoms with Gasteiger partial charge >= 0.3 is 0 Å². The van der Waals surface area contributed by atoms with Crippen LogP contribution >= 0.6 is 11.6 Å². The van der Waals surface area contributed by atoms with E-state index in [1.165, 1.54) is 42.5 Å². The third kappa shape index (κ3) is 4.92. The van der Waals surface area contributed by atoms with Crippen molar-refractivity contribution in [2.45, 2.75) is 4.90 Å². The van der Waals surface area contributed by atoms with Gasteiger partial charge in [0.25, 0.3) is 15.9 Å². The maximum Gasteiger partial charge on any atom is 0.263 e. The second kappa shape index (κ2) is 8.34. The van der Waals surface area contributed by atoms with E-state index >= 15 is 0 Å². The van der Waals surface area contributed by atoms with E-state index in [9.17, 15) is 23.1 Å². The summed E-state index contributed by atoms with van der Waals surface area (Å²) in [5, 5.41) is 13.4. The third-order valence-corrected chi connectivity index (χ3v) is 5.75. The first kappa shape index (κ1) is 20.4. The summed E-state index contributed by atoms with van der Waals surface area (Å²) < 4.78 is 27.7. The number of aromatic carboxylic acids is 1. The van der Waals surface area contributed by atoms with Crippen LogP contribution in [0.2, 0.25) is 5.02 Å². The van der Waals surface area contributed by atoms with E-state index in [0.29, 0.717) is 5.69 Å². The Labute approximate surface area is 172 Å². The predicted octanol–water partition coefficient (Wildman–Crippen LogP) is 2.76. The van der Waals surface area contributed by atoms with Gasteiger partial charge in [0.05, 0.1) is 11.0 Å². The summed E-state index contributed by atoms with van der Waals surface area (Å²) in [5.74, 6) is -1.87. The summed E-state index contributed by atoms with van der Waals surface area (Å²) in [6, 6.07) is 17.6. The van der Waals surface area contributed by atoms with Gasteiger partial charge in [0.2, 0.25) is 0 Å². The van der Waals surface area contributed by atoms with E-state index in [-0.39, 0.29) is 26.7 Å². The van der Waals surface area contributed by atoms with Crippen LogP contribution in [0.25, 0.3) is 0 Å². The Hall–Kier alpha value is -3.36. The number of hydrogen-bond donors (Lipinski definition) is 2. The van der Waals surface area contributed by atoms with Gasteiger partial charge in [-0.25, -0.2) is 8.42 Å². The number of benzene rings is 3. The van der Waals surface area contributed by atoms with E-state index in [1.807, 2.05) is 0 Å². The second-order valence-corrected chi connectivity index (χ2v) is 7.99. The molecule has 0 bridgehead atoms. The number of rotatable bonds is 6. The highest BCUT2D eigenvalue weighted by Crippen LogP contribution is 2.25. The van der Waals surface area contributed by atoms with Gasteiger partial charge in [-0.05, 0) is 48.0 Å². The summed E-state index contributed by atoms with van der Waals surface area (Å²) in [4.78, 5) is 22.9. The number of anilines is 2. The highest BCUT2D eigenvalue weighted by Gasteiger charge is 2.20. The molecule has 0 radical (unpaired) electrons. The maximum absolute atomic E-state index is 12.7. The molecule has 7 nitrogen and oxygen atoms in total. The molecule has 2 N–H and O–H groups in total. The van der Waals surface area contributed by atoms with Crippen LogP contribution in [0.4, 0.5) is 11.4 Å². The molecule has 0 fully saturated rings. The first-order valence-corrected chi connectivity index (χ1v) is 10.1. The largest absolute Gasteiger partial charge is 0.545 e. The van der Waals surface area contributed by atoms with Crippen molar-refractivity contribution in [2.75, 3.05) is 10.0 Å². The van der Waals surface area contributed by atoms with E-state index in [4.69, 9.17) is 11.6 Å². The van der Waals surface area contributed by atoms with E-state index < -0.39 is 21.9 Å². The fourth-order valence-corrected chi connectivity index (χ4v) is 4.05. The van der Waals surface area contributed by atoms with Crippen LogP contribution in [0.3, 0.4) is 0 Å². The molecule has 0 unspecified atom stereocenters. The van der Waals surface area contributed by atoms with Gasteiger partial charge in [0.1, 0.15) is 4.90 Å². The maximum atomic E-state index is 12.7. The molecular weight excluding hydrogens is 416 g/mol. The molecule has 0 atom stereocenters. The average Bonchev–Trinajstić information content (AvgIpc) is 2.69. The van der Waals surface area contributed by atoms with Crippen molar-refractivity contribution in [1.82, 2.24) is 0 Å². The third-order valence-electron chi connectivity index (χ3n) is 3.89. The fourth-order valence-electron chi connectivity index (χ4n) is 2.46. The number of carbonyl (C=O) groups excluding carboxylic acids is 2. The molecule has 0 aliphatic heterocycles. The van der Waals surface area contributed by atoms with Crippen molar-refractivity contribution in [2.24, 2.45) is 0 Å². The Morgan fingerprint density at radius 3 is 2.07 bits per heavy atom. The molecule has 29 heavy (non-hydrogen) atoms. The standard InChI is InChI=1S/C20H15ClN2O5S/c21-17-11-8-14(19(24)22-15-4-2-1-3-5-15)12-18(17)29(27,28)23-16-9-6-13(7-10-16)20(25)26/h1-12,23H,(H,22,24)(H,25,26)/p-1. The summed E-state index contributed by atoms with van der Waals surface area (Å²) in [6.07, 6.45) is 0. The Kier molecular flexibility index (Phi) is 5.86. The number of amides is 1. The van der Waals surface area contributed by atoms with Crippen molar-refractivity contribution < 1.29 is 23.1 Å². The van der Waals surface area contributed by atoms with E-state index in [2.05, 4.69) is 10.0 Å². The van der Waals surface area contributed by atoms with Gasteiger partial charge in [-0.15, -0.1) is 0 Å². The smallest absolute Gasteiger partial charge is 0.263 e. The van der Waals surface area contributed by atoms with Crippen molar-refractivity contribution in [3.05, 3.63) is 88.9 Å². The Bertz CT molecular complexity index is 1160. The number of nitrogens with one attached hydrogen (secondary N) is 2. The highest BCUT2D eigenvalue weighted by molar-refractivity contribution is 7.92. The van der Waals surface area contributed by atoms with Crippen LogP contribution in [0, 0.1) is 0 Å². The minimum atomic E-state index is -4.13. The molecule has 0 aliphatic carbocycles. The summed E-state index contributed by atoms with van der Waals surface area (Å²) in [7, 11) is -4.13. The number of halogens is 1. The number of sulfonamides is 1. The van der Waals surface area contributed by atoms with Crippen molar-refractivity contribution in [3.8, 4) is 0 Å². The minimum Gasteiger partial charge on any atom is -0.545 e. The number of carbonyl (C=O) groups is 2. The Balaban J connectivity index is 1.86. The van der Waals surface area contributed by atoms with Crippen LogP contribution in [0.5, 0.6) is 0 Å². The lowest BCUT2D eigenvalue weighted by atomic mass is 10.2. The summed E-state index contributed by atoms with van der Waals surface area (Å²) in [5.41, 5.74) is 0.699. The quantitative estimate of drug-likeness (QED) is 0.625. The molecule has 0 spiro atoms. The van der Waals surface area contributed by atoms with Crippen LogP contribution in [0.1, 0.15) is 20.7 Å². The zero-order valence-corrected chi connectivity index (χ0v) is 16.3. The van der Waals surface area contributed by atoms with E-state index in [0.717, 1.165) is 0 Å². The van der Waals surface area contributed by atoms with Gasteiger partial charge in [-0.3, -0.25) is 9.52 Å².